The summed E-state index contributed by atoms with van der Waals surface area (Å²) in [5.74, 6) is 0. The van der Waals surface area contributed by atoms with Crippen LogP contribution in [0.5, 0.6) is 0 Å². The summed E-state index contributed by atoms with van der Waals surface area (Å²) in [6.45, 7) is 3.12. The van der Waals surface area contributed by atoms with E-state index in [4.69, 9.17) is 5.11 Å². The summed E-state index contributed by atoms with van der Waals surface area (Å²) in [6, 6.07) is 7.87. The maximum Gasteiger partial charge on any atom is 0.172 e. The van der Waals surface area contributed by atoms with Crippen LogP contribution in [-0.4, -0.2) is 14.7 Å². The van der Waals surface area contributed by atoms with Gasteiger partial charge in [-0.15, -0.1) is 0 Å². The van der Waals surface area contributed by atoms with Gasteiger partial charge in [-0.1, -0.05) is 23.9 Å². The number of rotatable bonds is 4. The van der Waals surface area contributed by atoms with Gasteiger partial charge in [0.2, 0.25) is 0 Å². The van der Waals surface area contributed by atoms with Gasteiger partial charge in [0.25, 0.3) is 0 Å². The van der Waals surface area contributed by atoms with Crippen molar-refractivity contribution in [3.8, 4) is 0 Å². The summed E-state index contributed by atoms with van der Waals surface area (Å²) in [5, 5.41) is 9.94. The van der Waals surface area contributed by atoms with E-state index in [2.05, 4.69) is 16.5 Å². The average molecular weight is 234 g/mol. The Bertz CT molecular complexity index is 450. The molecule has 0 saturated carbocycles. The number of aliphatic hydroxyl groups excluding tert-OH is 1. The summed E-state index contributed by atoms with van der Waals surface area (Å²) in [7, 11) is 0. The molecule has 0 saturated heterocycles. The van der Waals surface area contributed by atoms with Crippen LogP contribution in [0.15, 0.2) is 46.7 Å². The third kappa shape index (κ3) is 2.46. The lowest BCUT2D eigenvalue weighted by Gasteiger charge is -2.04. The smallest absolute Gasteiger partial charge is 0.172 e. The minimum Gasteiger partial charge on any atom is -0.392 e. The Balaban J connectivity index is 2.14. The summed E-state index contributed by atoms with van der Waals surface area (Å²) < 4.78 is 2.10. The number of benzene rings is 1. The second-order valence-corrected chi connectivity index (χ2v) is 4.44. The number of aromatic nitrogens is 2. The van der Waals surface area contributed by atoms with Crippen molar-refractivity contribution < 1.29 is 5.11 Å². The first-order chi connectivity index (χ1) is 7.83. The van der Waals surface area contributed by atoms with Gasteiger partial charge in [0.1, 0.15) is 0 Å². The van der Waals surface area contributed by atoms with Crippen molar-refractivity contribution in [2.75, 3.05) is 0 Å². The molecule has 1 N–H and O–H groups in total. The fraction of sp³-hybridized carbons (Fsp3) is 0.250. The Morgan fingerprint density at radius 1 is 1.31 bits per heavy atom. The Kier molecular flexibility index (Phi) is 3.64. The van der Waals surface area contributed by atoms with Gasteiger partial charge in [0, 0.05) is 23.8 Å². The van der Waals surface area contributed by atoms with Gasteiger partial charge >= 0.3 is 0 Å². The standard InChI is InChI=1S/C12H14N2OS/c1-2-14-8-7-13-12(14)16-11-5-3-10(9-15)4-6-11/h3-8,15H,2,9H2,1H3. The quantitative estimate of drug-likeness (QED) is 0.883. The van der Waals surface area contributed by atoms with Gasteiger partial charge in [-0.3, -0.25) is 0 Å². The first kappa shape index (κ1) is 11.2. The highest BCUT2D eigenvalue weighted by molar-refractivity contribution is 7.99. The van der Waals surface area contributed by atoms with Crippen LogP contribution >= 0.6 is 11.8 Å². The second-order valence-electron chi connectivity index (χ2n) is 3.40. The van der Waals surface area contributed by atoms with Gasteiger partial charge in [-0.25, -0.2) is 4.98 Å². The SMILES string of the molecule is CCn1ccnc1Sc1ccc(CO)cc1. The molecule has 0 fully saturated rings. The molecule has 2 aromatic rings. The molecule has 0 aliphatic heterocycles. The van der Waals surface area contributed by atoms with Crippen molar-refractivity contribution in [2.24, 2.45) is 0 Å². The van der Waals surface area contributed by atoms with Crippen LogP contribution in [0.25, 0.3) is 0 Å². The van der Waals surface area contributed by atoms with Crippen molar-refractivity contribution in [2.45, 2.75) is 30.1 Å². The number of hydrogen-bond donors (Lipinski definition) is 1. The molecule has 84 valence electrons. The first-order valence-corrected chi connectivity index (χ1v) is 6.04. The molecular formula is C12H14N2OS. The van der Waals surface area contributed by atoms with Gasteiger partial charge in [0.05, 0.1) is 6.61 Å². The molecule has 1 aromatic carbocycles. The van der Waals surface area contributed by atoms with Crippen LogP contribution in [0.4, 0.5) is 0 Å². The molecule has 4 heteroatoms. The molecule has 0 atom stereocenters. The summed E-state index contributed by atoms with van der Waals surface area (Å²) in [6.07, 6.45) is 3.79. The van der Waals surface area contributed by atoms with Gasteiger partial charge < -0.3 is 9.67 Å². The highest BCUT2D eigenvalue weighted by Crippen LogP contribution is 2.26. The third-order valence-electron chi connectivity index (χ3n) is 2.33. The lowest BCUT2D eigenvalue weighted by atomic mass is 10.2. The maximum atomic E-state index is 8.94. The molecule has 2 rings (SSSR count). The lowest BCUT2D eigenvalue weighted by molar-refractivity contribution is 0.282. The second kappa shape index (κ2) is 5.18. The average Bonchev–Trinajstić information content (AvgIpc) is 2.77. The lowest BCUT2D eigenvalue weighted by Crippen LogP contribution is -1.94. The van der Waals surface area contributed by atoms with Crippen LogP contribution in [-0.2, 0) is 13.2 Å². The number of nitrogens with zero attached hydrogens (tertiary/aromatic N) is 2. The molecule has 0 aliphatic carbocycles. The minimum absolute atomic E-state index is 0.0918. The molecule has 0 aliphatic rings. The van der Waals surface area contributed by atoms with Crippen molar-refractivity contribution in [1.29, 1.82) is 0 Å². The largest absolute Gasteiger partial charge is 0.392 e. The zero-order chi connectivity index (χ0) is 11.4. The van der Waals surface area contributed by atoms with Crippen molar-refractivity contribution in [3.05, 3.63) is 42.2 Å². The Labute approximate surface area is 99.1 Å². The molecule has 0 radical (unpaired) electrons. The Hall–Kier alpha value is -1.26. The molecule has 0 amide bonds. The fourth-order valence-electron chi connectivity index (χ4n) is 1.41. The van der Waals surface area contributed by atoms with Crippen molar-refractivity contribution >= 4 is 11.8 Å². The van der Waals surface area contributed by atoms with Gasteiger partial charge in [-0.05, 0) is 24.6 Å². The van der Waals surface area contributed by atoms with E-state index in [9.17, 15) is 0 Å². The third-order valence-corrected chi connectivity index (χ3v) is 3.36. The van der Waals surface area contributed by atoms with E-state index in [0.717, 1.165) is 22.2 Å². The fourth-order valence-corrected chi connectivity index (χ4v) is 2.31. The molecule has 1 aromatic heterocycles. The summed E-state index contributed by atoms with van der Waals surface area (Å²) in [5.41, 5.74) is 0.934. The topological polar surface area (TPSA) is 38.0 Å². The Morgan fingerprint density at radius 2 is 2.06 bits per heavy atom. The number of aryl methyl sites for hydroxylation is 1. The van der Waals surface area contributed by atoms with E-state index in [1.807, 2.05) is 36.7 Å². The van der Waals surface area contributed by atoms with Crippen LogP contribution < -0.4 is 0 Å². The molecular weight excluding hydrogens is 220 g/mol. The van der Waals surface area contributed by atoms with Crippen LogP contribution in [0.1, 0.15) is 12.5 Å². The summed E-state index contributed by atoms with van der Waals surface area (Å²) >= 11 is 1.63. The highest BCUT2D eigenvalue weighted by atomic mass is 32.2. The van der Waals surface area contributed by atoms with E-state index >= 15 is 0 Å². The van der Waals surface area contributed by atoms with E-state index < -0.39 is 0 Å². The number of aliphatic hydroxyl groups is 1. The zero-order valence-corrected chi connectivity index (χ0v) is 9.94. The maximum absolute atomic E-state index is 8.94. The van der Waals surface area contributed by atoms with Crippen LogP contribution in [0, 0.1) is 0 Å². The normalized spacial score (nSPS) is 10.6. The molecule has 0 bridgehead atoms. The summed E-state index contributed by atoms with van der Waals surface area (Å²) in [4.78, 5) is 5.44. The Morgan fingerprint density at radius 3 is 2.69 bits per heavy atom. The molecule has 0 spiro atoms. The minimum atomic E-state index is 0.0918. The molecule has 0 unspecified atom stereocenters. The number of imidazole rings is 1. The highest BCUT2D eigenvalue weighted by Gasteiger charge is 2.03. The monoisotopic (exact) mass is 234 g/mol. The van der Waals surface area contributed by atoms with E-state index in [0.29, 0.717) is 0 Å². The van der Waals surface area contributed by atoms with E-state index in [-0.39, 0.29) is 6.61 Å². The number of hydrogen-bond acceptors (Lipinski definition) is 3. The first-order valence-electron chi connectivity index (χ1n) is 5.22. The van der Waals surface area contributed by atoms with Crippen LogP contribution in [0.3, 0.4) is 0 Å². The van der Waals surface area contributed by atoms with Crippen molar-refractivity contribution in [3.63, 3.8) is 0 Å². The van der Waals surface area contributed by atoms with Crippen LogP contribution in [0.2, 0.25) is 0 Å². The van der Waals surface area contributed by atoms with Gasteiger partial charge in [-0.2, -0.15) is 0 Å². The van der Waals surface area contributed by atoms with Crippen molar-refractivity contribution in [1.82, 2.24) is 9.55 Å². The molecule has 16 heavy (non-hydrogen) atoms. The molecule has 1 heterocycles. The zero-order valence-electron chi connectivity index (χ0n) is 9.13. The van der Waals surface area contributed by atoms with Gasteiger partial charge in [0.15, 0.2) is 5.16 Å². The predicted molar refractivity (Wildman–Crippen MR) is 64.4 cm³/mol. The predicted octanol–water partition coefficient (Wildman–Crippen LogP) is 2.55. The van der Waals surface area contributed by atoms with E-state index in [1.54, 1.807) is 11.8 Å². The van der Waals surface area contributed by atoms with E-state index in [1.165, 1.54) is 0 Å². The molecule has 3 nitrogen and oxygen atoms in total.